The second kappa shape index (κ2) is 5.26. The summed E-state index contributed by atoms with van der Waals surface area (Å²) in [5, 5.41) is 9.70. The van der Waals surface area contributed by atoms with E-state index in [2.05, 4.69) is 18.7 Å². The topological polar surface area (TPSA) is 87.2 Å². The van der Waals surface area contributed by atoms with Crippen molar-refractivity contribution in [3.63, 3.8) is 0 Å². The Hall–Kier alpha value is -1.26. The van der Waals surface area contributed by atoms with Gasteiger partial charge in [0.05, 0.1) is 5.69 Å². The third-order valence-corrected chi connectivity index (χ3v) is 6.26. The van der Waals surface area contributed by atoms with Crippen LogP contribution in [0.1, 0.15) is 25.1 Å². The molecule has 0 radical (unpaired) electrons. The smallest absolute Gasteiger partial charge is 0.180 e. The molecule has 0 aliphatic carbocycles. The van der Waals surface area contributed by atoms with E-state index in [1.807, 2.05) is 6.07 Å². The Kier molecular flexibility index (Phi) is 3.98. The highest BCUT2D eigenvalue weighted by Gasteiger charge is 2.32. The normalized spacial score (nSPS) is 19.6. The van der Waals surface area contributed by atoms with Gasteiger partial charge in [-0.2, -0.15) is 5.26 Å². The molecule has 7 heteroatoms. The van der Waals surface area contributed by atoms with Crippen LogP contribution in [0.4, 0.5) is 10.7 Å². The first-order chi connectivity index (χ1) is 9.25. The molecular formula is C13H19N3O2S2. The molecule has 1 unspecified atom stereocenters. The monoisotopic (exact) mass is 313 g/mol. The van der Waals surface area contributed by atoms with Crippen molar-refractivity contribution in [2.24, 2.45) is 11.8 Å². The van der Waals surface area contributed by atoms with Gasteiger partial charge in [0.1, 0.15) is 20.8 Å². The first-order valence-electron chi connectivity index (χ1n) is 6.53. The molecule has 1 saturated heterocycles. The van der Waals surface area contributed by atoms with Gasteiger partial charge in [0, 0.05) is 19.3 Å². The van der Waals surface area contributed by atoms with E-state index in [9.17, 15) is 8.42 Å². The van der Waals surface area contributed by atoms with Crippen LogP contribution in [0, 0.1) is 23.2 Å². The van der Waals surface area contributed by atoms with Crippen molar-refractivity contribution in [2.75, 3.05) is 30.0 Å². The van der Waals surface area contributed by atoms with Crippen molar-refractivity contribution in [1.82, 2.24) is 0 Å². The molecule has 2 N–H and O–H groups in total. The van der Waals surface area contributed by atoms with Crippen molar-refractivity contribution in [3.8, 4) is 6.07 Å². The predicted molar refractivity (Wildman–Crippen MR) is 81.7 cm³/mol. The van der Waals surface area contributed by atoms with Crippen LogP contribution in [0.25, 0.3) is 0 Å². The number of nitriles is 1. The third-order valence-electron chi connectivity index (χ3n) is 3.81. The summed E-state index contributed by atoms with van der Waals surface area (Å²) in [6, 6.07) is 1.99. The van der Waals surface area contributed by atoms with Crippen LogP contribution < -0.4 is 10.6 Å². The molecule has 1 aromatic rings. The average Bonchev–Trinajstić information content (AvgIpc) is 2.91. The zero-order valence-corrected chi connectivity index (χ0v) is 13.5. The molecule has 2 heterocycles. The van der Waals surface area contributed by atoms with Gasteiger partial charge >= 0.3 is 0 Å². The standard InChI is InChI=1S/C13H19N3O2S2/c1-8(2)9-4-5-16(7-9)13-12(20(3,17)18)11(15)10(6-14)19-13/h8-9H,4-5,7,15H2,1-3H3. The Balaban J connectivity index is 2.46. The van der Waals surface area contributed by atoms with Crippen LogP contribution >= 0.6 is 11.3 Å². The highest BCUT2D eigenvalue weighted by atomic mass is 32.2. The third kappa shape index (κ3) is 2.63. The number of nitrogens with two attached hydrogens (primary N) is 1. The molecular weight excluding hydrogens is 294 g/mol. The number of hydrogen-bond donors (Lipinski definition) is 1. The maximum absolute atomic E-state index is 12.0. The Bertz CT molecular complexity index is 656. The summed E-state index contributed by atoms with van der Waals surface area (Å²) >= 11 is 1.18. The van der Waals surface area contributed by atoms with E-state index in [1.165, 1.54) is 11.3 Å². The molecule has 0 saturated carbocycles. The Labute approximate surface area is 123 Å². The highest BCUT2D eigenvalue weighted by molar-refractivity contribution is 7.91. The minimum atomic E-state index is -3.44. The molecule has 1 aromatic heterocycles. The summed E-state index contributed by atoms with van der Waals surface area (Å²) < 4.78 is 23.9. The maximum atomic E-state index is 12.0. The van der Waals surface area contributed by atoms with Crippen LogP contribution in [0.15, 0.2) is 4.90 Å². The fraction of sp³-hybridized carbons (Fsp3) is 0.615. The van der Waals surface area contributed by atoms with E-state index in [1.54, 1.807) is 0 Å². The summed E-state index contributed by atoms with van der Waals surface area (Å²) in [5.41, 5.74) is 5.94. The fourth-order valence-electron chi connectivity index (χ4n) is 2.58. The zero-order chi connectivity index (χ0) is 15.1. The molecule has 0 bridgehead atoms. The van der Waals surface area contributed by atoms with Crippen molar-refractivity contribution in [1.29, 1.82) is 5.26 Å². The van der Waals surface area contributed by atoms with E-state index in [0.29, 0.717) is 16.8 Å². The van der Waals surface area contributed by atoms with Gasteiger partial charge in [0.25, 0.3) is 0 Å². The number of hydrogen-bond acceptors (Lipinski definition) is 6. The summed E-state index contributed by atoms with van der Waals surface area (Å²) in [7, 11) is -3.44. The lowest BCUT2D eigenvalue weighted by molar-refractivity contribution is 0.423. The lowest BCUT2D eigenvalue weighted by Crippen LogP contribution is -2.22. The molecule has 1 fully saturated rings. The number of nitrogen functional groups attached to an aromatic ring is 1. The number of nitrogens with zero attached hydrogens (tertiary/aromatic N) is 2. The number of anilines is 2. The number of sulfone groups is 1. The second-order valence-electron chi connectivity index (χ2n) is 5.60. The van der Waals surface area contributed by atoms with Crippen molar-refractivity contribution >= 4 is 31.9 Å². The van der Waals surface area contributed by atoms with Gasteiger partial charge in [0.15, 0.2) is 9.84 Å². The minimum absolute atomic E-state index is 0.1000. The van der Waals surface area contributed by atoms with E-state index < -0.39 is 9.84 Å². The number of thiophene rings is 1. The average molecular weight is 313 g/mol. The lowest BCUT2D eigenvalue weighted by Gasteiger charge is -2.19. The molecule has 0 aromatic carbocycles. The van der Waals surface area contributed by atoms with Gasteiger partial charge in [0.2, 0.25) is 0 Å². The van der Waals surface area contributed by atoms with Crippen LogP contribution in [-0.2, 0) is 9.84 Å². The van der Waals surface area contributed by atoms with E-state index in [0.717, 1.165) is 25.8 Å². The highest BCUT2D eigenvalue weighted by Crippen LogP contribution is 2.43. The van der Waals surface area contributed by atoms with Gasteiger partial charge in [-0.1, -0.05) is 13.8 Å². The van der Waals surface area contributed by atoms with Crippen molar-refractivity contribution in [3.05, 3.63) is 4.88 Å². The van der Waals surface area contributed by atoms with Crippen molar-refractivity contribution in [2.45, 2.75) is 25.2 Å². The van der Waals surface area contributed by atoms with Gasteiger partial charge in [-0.05, 0) is 18.3 Å². The van der Waals surface area contributed by atoms with Gasteiger partial charge in [-0.15, -0.1) is 11.3 Å². The molecule has 2 rings (SSSR count). The molecule has 1 atom stereocenters. The minimum Gasteiger partial charge on any atom is -0.396 e. The Morgan fingerprint density at radius 2 is 2.15 bits per heavy atom. The summed E-state index contributed by atoms with van der Waals surface area (Å²) in [6.07, 6.45) is 2.19. The summed E-state index contributed by atoms with van der Waals surface area (Å²) in [4.78, 5) is 2.47. The molecule has 110 valence electrons. The van der Waals surface area contributed by atoms with E-state index in [4.69, 9.17) is 11.0 Å². The van der Waals surface area contributed by atoms with Gasteiger partial charge in [-0.3, -0.25) is 0 Å². The molecule has 0 amide bonds. The van der Waals surface area contributed by atoms with E-state index >= 15 is 0 Å². The first-order valence-corrected chi connectivity index (χ1v) is 9.23. The Morgan fingerprint density at radius 3 is 2.60 bits per heavy atom. The quantitative estimate of drug-likeness (QED) is 0.923. The summed E-state index contributed by atoms with van der Waals surface area (Å²) in [5.74, 6) is 1.12. The van der Waals surface area contributed by atoms with Crippen LogP contribution in [-0.4, -0.2) is 27.8 Å². The Morgan fingerprint density at radius 1 is 1.50 bits per heavy atom. The van der Waals surface area contributed by atoms with Gasteiger partial charge in [-0.25, -0.2) is 8.42 Å². The van der Waals surface area contributed by atoms with Crippen LogP contribution in [0.3, 0.4) is 0 Å². The number of rotatable bonds is 3. The van der Waals surface area contributed by atoms with Crippen LogP contribution in [0.2, 0.25) is 0 Å². The molecule has 1 aliphatic rings. The lowest BCUT2D eigenvalue weighted by atomic mass is 9.95. The first kappa shape index (κ1) is 15.1. The maximum Gasteiger partial charge on any atom is 0.180 e. The summed E-state index contributed by atoms with van der Waals surface area (Å²) in [6.45, 7) is 5.99. The zero-order valence-electron chi connectivity index (χ0n) is 11.9. The molecule has 1 aliphatic heterocycles. The second-order valence-corrected chi connectivity index (χ2v) is 8.55. The molecule has 0 spiro atoms. The van der Waals surface area contributed by atoms with E-state index in [-0.39, 0.29) is 15.5 Å². The predicted octanol–water partition coefficient (Wildman–Crippen LogP) is 2.09. The molecule has 20 heavy (non-hydrogen) atoms. The van der Waals surface area contributed by atoms with Crippen LogP contribution in [0.5, 0.6) is 0 Å². The molecule has 5 nitrogen and oxygen atoms in total. The van der Waals surface area contributed by atoms with Gasteiger partial charge < -0.3 is 10.6 Å². The fourth-order valence-corrected chi connectivity index (χ4v) is 5.12. The SMILES string of the molecule is CC(C)C1CCN(c2sc(C#N)c(N)c2S(C)(=O)=O)C1. The van der Waals surface area contributed by atoms with Crippen molar-refractivity contribution < 1.29 is 8.42 Å². The largest absolute Gasteiger partial charge is 0.396 e.